The molecular formula is C11H15ClPd. The Labute approximate surface area is 93.8 Å². The number of hydrogen-bond acceptors (Lipinski definition) is 0. The van der Waals surface area contributed by atoms with Gasteiger partial charge in [0.05, 0.1) is 0 Å². The monoisotopic (exact) mass is 288 g/mol. The summed E-state index contributed by atoms with van der Waals surface area (Å²) in [6.45, 7) is 6.70. The number of hydrogen-bond donors (Lipinski definition) is 0. The molecule has 0 radical (unpaired) electrons. The molecule has 76 valence electrons. The van der Waals surface area contributed by atoms with E-state index in [9.17, 15) is 0 Å². The molecule has 0 fully saturated rings. The molecule has 0 bridgehead atoms. The first kappa shape index (κ1) is 11.2. The van der Waals surface area contributed by atoms with Gasteiger partial charge in [0, 0.05) is 0 Å². The normalized spacial score (nSPS) is 12.0. The van der Waals surface area contributed by atoms with Crippen molar-refractivity contribution in [3.8, 4) is 0 Å². The Kier molecular flexibility index (Phi) is 3.98. The van der Waals surface area contributed by atoms with Gasteiger partial charge in [0.25, 0.3) is 0 Å². The topological polar surface area (TPSA) is 0 Å². The van der Waals surface area contributed by atoms with E-state index in [2.05, 4.69) is 45.0 Å². The van der Waals surface area contributed by atoms with E-state index in [-0.39, 0.29) is 5.41 Å². The zero-order valence-electron chi connectivity index (χ0n) is 8.21. The Hall–Kier alpha value is 0.172. The van der Waals surface area contributed by atoms with Gasteiger partial charge in [0.1, 0.15) is 0 Å². The van der Waals surface area contributed by atoms with Gasteiger partial charge in [-0.3, -0.25) is 0 Å². The van der Waals surface area contributed by atoms with Crippen molar-refractivity contribution >= 4 is 15.6 Å². The maximum absolute atomic E-state index is 5.72. The maximum atomic E-state index is 5.72. The molecular weight excluding hydrogens is 274 g/mol. The number of alkyl halides is 1. The fraction of sp³-hybridized carbons (Fsp3) is 0.455. The molecule has 0 unspecified atom stereocenters. The summed E-state index contributed by atoms with van der Waals surface area (Å²) in [7, 11) is 0. The third kappa shape index (κ3) is 3.43. The van der Waals surface area contributed by atoms with Crippen LogP contribution in [0.15, 0.2) is 24.3 Å². The molecule has 13 heavy (non-hydrogen) atoms. The van der Waals surface area contributed by atoms with Crippen LogP contribution >= 0.6 is 11.6 Å². The van der Waals surface area contributed by atoms with Gasteiger partial charge in [-0.15, -0.1) is 0 Å². The third-order valence-corrected chi connectivity index (χ3v) is 3.67. The SMILES string of the molecule is CC(C)(C)c1ccc[c]([Pd][CH2]Cl)c1. The summed E-state index contributed by atoms with van der Waals surface area (Å²) in [6.07, 6.45) is 0. The van der Waals surface area contributed by atoms with E-state index in [4.69, 9.17) is 11.6 Å². The van der Waals surface area contributed by atoms with E-state index >= 15 is 0 Å². The predicted molar refractivity (Wildman–Crippen MR) is 55.5 cm³/mol. The van der Waals surface area contributed by atoms with Crippen LogP contribution in [0, 0.1) is 0 Å². The van der Waals surface area contributed by atoms with Crippen LogP contribution in [0.1, 0.15) is 26.3 Å². The summed E-state index contributed by atoms with van der Waals surface area (Å²) in [6, 6.07) is 8.75. The van der Waals surface area contributed by atoms with Crippen LogP contribution in [0.2, 0.25) is 0 Å². The fourth-order valence-corrected chi connectivity index (χ4v) is 2.61. The third-order valence-electron chi connectivity index (χ3n) is 1.84. The minimum atomic E-state index is 0.246. The molecule has 1 aromatic rings. The van der Waals surface area contributed by atoms with Gasteiger partial charge >= 0.3 is 94.0 Å². The molecule has 0 saturated heterocycles. The summed E-state index contributed by atoms with van der Waals surface area (Å²) in [4.78, 5) is 0. The average molecular weight is 289 g/mol. The number of benzene rings is 1. The molecule has 2 heteroatoms. The zero-order valence-corrected chi connectivity index (χ0v) is 10.5. The Balaban J connectivity index is 2.92. The summed E-state index contributed by atoms with van der Waals surface area (Å²) in [5.74, 6) is 0. The molecule has 0 aliphatic heterocycles. The molecule has 1 rings (SSSR count). The van der Waals surface area contributed by atoms with Gasteiger partial charge in [0.15, 0.2) is 0 Å². The first-order chi connectivity index (χ1) is 6.04. The molecule has 0 nitrogen and oxygen atoms in total. The molecule has 0 aliphatic rings. The van der Waals surface area contributed by atoms with Crippen LogP contribution < -0.4 is 4.04 Å². The molecule has 0 heterocycles. The second-order valence-electron chi connectivity index (χ2n) is 3.92. The van der Waals surface area contributed by atoms with Crippen LogP contribution in [-0.2, 0) is 23.4 Å². The van der Waals surface area contributed by atoms with Crippen LogP contribution in [0.4, 0.5) is 0 Å². The minimum absolute atomic E-state index is 0.246. The van der Waals surface area contributed by atoms with Crippen molar-refractivity contribution in [3.05, 3.63) is 29.8 Å². The summed E-state index contributed by atoms with van der Waals surface area (Å²) >= 11 is 6.26. The Morgan fingerprint density at radius 1 is 1.31 bits per heavy atom. The molecule has 1 aromatic carbocycles. The van der Waals surface area contributed by atoms with Crippen LogP contribution in [0.25, 0.3) is 0 Å². The van der Waals surface area contributed by atoms with Crippen molar-refractivity contribution in [2.45, 2.75) is 26.2 Å². The Morgan fingerprint density at radius 2 is 2.00 bits per heavy atom. The fourth-order valence-electron chi connectivity index (χ4n) is 1.06. The quantitative estimate of drug-likeness (QED) is 0.580. The van der Waals surface area contributed by atoms with E-state index in [1.54, 1.807) is 0 Å². The van der Waals surface area contributed by atoms with E-state index in [1.807, 2.05) is 0 Å². The van der Waals surface area contributed by atoms with Crippen molar-refractivity contribution in [1.82, 2.24) is 0 Å². The molecule has 0 saturated carbocycles. The van der Waals surface area contributed by atoms with E-state index in [0.717, 1.165) is 4.35 Å². The zero-order chi connectivity index (χ0) is 9.90. The summed E-state index contributed by atoms with van der Waals surface area (Å²) in [5.41, 5.74) is 1.64. The Bertz CT molecular complexity index is 276. The van der Waals surface area contributed by atoms with Gasteiger partial charge in [-0.05, 0) is 0 Å². The number of halogens is 1. The van der Waals surface area contributed by atoms with Gasteiger partial charge in [-0.2, -0.15) is 0 Å². The van der Waals surface area contributed by atoms with E-state index in [1.165, 1.54) is 9.60 Å². The molecule has 0 spiro atoms. The van der Waals surface area contributed by atoms with Crippen LogP contribution in [0.5, 0.6) is 0 Å². The predicted octanol–water partition coefficient (Wildman–Crippen LogP) is 2.89. The summed E-state index contributed by atoms with van der Waals surface area (Å²) in [5, 5.41) is 0. The molecule has 0 aliphatic carbocycles. The van der Waals surface area contributed by atoms with Gasteiger partial charge < -0.3 is 0 Å². The van der Waals surface area contributed by atoms with E-state index in [0.29, 0.717) is 18.0 Å². The van der Waals surface area contributed by atoms with Crippen LogP contribution in [-0.4, -0.2) is 4.35 Å². The molecule has 0 aromatic heterocycles. The average Bonchev–Trinajstić information content (AvgIpc) is 2.04. The second kappa shape index (κ2) is 4.60. The number of rotatable bonds is 2. The van der Waals surface area contributed by atoms with Crippen molar-refractivity contribution in [2.75, 3.05) is 4.35 Å². The molecule has 0 amide bonds. The molecule has 0 atom stereocenters. The summed E-state index contributed by atoms with van der Waals surface area (Å²) < 4.78 is 2.14. The first-order valence-corrected chi connectivity index (χ1v) is 6.63. The van der Waals surface area contributed by atoms with Gasteiger partial charge in [0.2, 0.25) is 0 Å². The van der Waals surface area contributed by atoms with E-state index < -0.39 is 0 Å². The first-order valence-electron chi connectivity index (χ1n) is 4.22. The standard InChI is InChI=1S/C10H13.CH2Cl.Pd/c1-10(2,3)9-7-5-4-6-8-9;1-2;/h4-5,7-8H,1-3H3;1H2;. The van der Waals surface area contributed by atoms with Crippen molar-refractivity contribution in [2.24, 2.45) is 0 Å². The molecule has 0 N–H and O–H groups in total. The van der Waals surface area contributed by atoms with Crippen LogP contribution in [0.3, 0.4) is 0 Å². The van der Waals surface area contributed by atoms with Crippen molar-refractivity contribution < 1.29 is 18.0 Å². The van der Waals surface area contributed by atoms with Gasteiger partial charge in [-0.1, -0.05) is 0 Å². The second-order valence-corrected chi connectivity index (χ2v) is 6.78. The Morgan fingerprint density at radius 3 is 2.54 bits per heavy atom. The van der Waals surface area contributed by atoms with Crippen molar-refractivity contribution in [3.63, 3.8) is 0 Å². The van der Waals surface area contributed by atoms with Crippen molar-refractivity contribution in [1.29, 1.82) is 0 Å². The van der Waals surface area contributed by atoms with Gasteiger partial charge in [-0.25, -0.2) is 0 Å².